The van der Waals surface area contributed by atoms with Crippen molar-refractivity contribution in [3.05, 3.63) is 28.8 Å². The maximum Gasteiger partial charge on any atom is 0.257 e. The maximum absolute atomic E-state index is 12.8. The molecule has 1 atom stereocenters. The average molecular weight is 327 g/mol. The number of hydrogen-bond acceptors (Lipinski definition) is 4. The van der Waals surface area contributed by atoms with E-state index in [1.807, 2.05) is 12.1 Å². The Morgan fingerprint density at radius 1 is 1.36 bits per heavy atom. The van der Waals surface area contributed by atoms with Crippen LogP contribution >= 0.6 is 12.4 Å². The van der Waals surface area contributed by atoms with Gasteiger partial charge in [-0.3, -0.25) is 4.79 Å². The molecule has 2 aliphatic rings. The fourth-order valence-corrected chi connectivity index (χ4v) is 3.19. The van der Waals surface area contributed by atoms with Gasteiger partial charge in [0.1, 0.15) is 5.75 Å². The van der Waals surface area contributed by atoms with Crippen molar-refractivity contribution < 1.29 is 14.6 Å². The van der Waals surface area contributed by atoms with Gasteiger partial charge in [0.2, 0.25) is 0 Å². The van der Waals surface area contributed by atoms with Gasteiger partial charge in [0.25, 0.3) is 5.91 Å². The van der Waals surface area contributed by atoms with Crippen molar-refractivity contribution >= 4 is 18.3 Å². The summed E-state index contributed by atoms with van der Waals surface area (Å²) in [6, 6.07) is 3.98. The van der Waals surface area contributed by atoms with Gasteiger partial charge in [0.15, 0.2) is 0 Å². The van der Waals surface area contributed by atoms with Crippen LogP contribution in [0.3, 0.4) is 0 Å². The number of nitrogens with one attached hydrogen (secondary N) is 1. The Bertz CT molecular complexity index is 550. The number of hydrogen-bond donors (Lipinski definition) is 2. The van der Waals surface area contributed by atoms with Crippen LogP contribution < -0.4 is 10.1 Å². The van der Waals surface area contributed by atoms with E-state index in [1.54, 1.807) is 12.0 Å². The minimum atomic E-state index is -0.517. The molecule has 1 aromatic carbocycles. The molecular formula is C16H23ClN2O3. The first kappa shape index (κ1) is 17.1. The molecule has 3 rings (SSSR count). The Kier molecular flexibility index (Phi) is 5.67. The number of methoxy groups -OCH3 is 1. The molecule has 1 heterocycles. The second-order valence-corrected chi connectivity index (χ2v) is 5.78. The molecule has 1 aromatic rings. The van der Waals surface area contributed by atoms with Crippen LogP contribution in [0, 0.1) is 0 Å². The molecule has 2 N–H and O–H groups in total. The molecule has 1 unspecified atom stereocenters. The summed E-state index contributed by atoms with van der Waals surface area (Å²) in [5.74, 6) is 0.594. The third-order valence-electron chi connectivity index (χ3n) is 4.30. The fraction of sp³-hybridized carbons (Fsp3) is 0.562. The monoisotopic (exact) mass is 326 g/mol. The Morgan fingerprint density at radius 2 is 2.09 bits per heavy atom. The van der Waals surface area contributed by atoms with Crippen molar-refractivity contribution in [2.45, 2.75) is 25.4 Å². The zero-order valence-corrected chi connectivity index (χ0v) is 13.6. The normalized spacial score (nSPS) is 20.8. The van der Waals surface area contributed by atoms with Crippen molar-refractivity contribution in [3.8, 4) is 5.75 Å². The highest BCUT2D eigenvalue weighted by atomic mass is 35.5. The van der Waals surface area contributed by atoms with Gasteiger partial charge in [-0.05, 0) is 42.5 Å². The molecular weight excluding hydrogens is 304 g/mol. The zero-order valence-electron chi connectivity index (χ0n) is 12.8. The van der Waals surface area contributed by atoms with Gasteiger partial charge in [0.05, 0.1) is 18.8 Å². The molecule has 122 valence electrons. The Labute approximate surface area is 137 Å². The summed E-state index contributed by atoms with van der Waals surface area (Å²) in [4.78, 5) is 14.5. The predicted octanol–water partition coefficient (Wildman–Crippen LogP) is 1.01. The van der Waals surface area contributed by atoms with Crippen LogP contribution in [0.15, 0.2) is 12.1 Å². The molecule has 0 aromatic heterocycles. The fourth-order valence-electron chi connectivity index (χ4n) is 3.19. The van der Waals surface area contributed by atoms with Gasteiger partial charge in [0, 0.05) is 26.2 Å². The summed E-state index contributed by atoms with van der Waals surface area (Å²) in [5.41, 5.74) is 3.17. The van der Waals surface area contributed by atoms with E-state index >= 15 is 0 Å². The topological polar surface area (TPSA) is 61.8 Å². The smallest absolute Gasteiger partial charge is 0.257 e. The molecule has 1 fully saturated rings. The van der Waals surface area contributed by atoms with Crippen LogP contribution in [0.25, 0.3) is 0 Å². The van der Waals surface area contributed by atoms with Crippen LogP contribution in [0.4, 0.5) is 0 Å². The molecule has 22 heavy (non-hydrogen) atoms. The Morgan fingerprint density at radius 3 is 2.82 bits per heavy atom. The second kappa shape index (κ2) is 7.31. The SMILES string of the molecule is COc1cc2c(cc1C(=O)N1CCNCC(O)C1)CCC2.Cl. The number of fused-ring (bicyclic) bond motifs is 1. The molecule has 6 heteroatoms. The quantitative estimate of drug-likeness (QED) is 0.851. The highest BCUT2D eigenvalue weighted by molar-refractivity contribution is 5.97. The molecule has 1 aliphatic carbocycles. The van der Waals surface area contributed by atoms with Crippen LogP contribution in [0.1, 0.15) is 27.9 Å². The van der Waals surface area contributed by atoms with Crippen molar-refractivity contribution in [3.63, 3.8) is 0 Å². The number of β-amino-alcohol motifs (C(OH)–C–C–N with tert-alkyl or cyclic N) is 1. The van der Waals surface area contributed by atoms with E-state index in [9.17, 15) is 9.90 Å². The van der Waals surface area contributed by atoms with Gasteiger partial charge < -0.3 is 20.1 Å². The zero-order chi connectivity index (χ0) is 14.8. The van der Waals surface area contributed by atoms with E-state index in [1.165, 1.54) is 11.1 Å². The molecule has 0 saturated carbocycles. The van der Waals surface area contributed by atoms with Gasteiger partial charge in [-0.2, -0.15) is 0 Å². The number of rotatable bonds is 2. The standard InChI is InChI=1S/C16H22N2O3.ClH/c1-21-15-8-12-4-2-3-11(12)7-14(15)16(20)18-6-5-17-9-13(19)10-18;/h7-8,13,17,19H,2-6,9-10H2,1H3;1H. The first-order chi connectivity index (χ1) is 10.2. The number of nitrogens with zero attached hydrogens (tertiary/aromatic N) is 1. The molecule has 0 radical (unpaired) electrons. The number of carbonyl (C=O) groups excluding carboxylic acids is 1. The summed E-state index contributed by atoms with van der Waals surface area (Å²) < 4.78 is 5.42. The average Bonchev–Trinajstić information content (AvgIpc) is 2.84. The van der Waals surface area contributed by atoms with Crippen molar-refractivity contribution in [1.82, 2.24) is 10.2 Å². The maximum atomic E-state index is 12.8. The van der Waals surface area contributed by atoms with Gasteiger partial charge in [-0.1, -0.05) is 0 Å². The first-order valence-corrected chi connectivity index (χ1v) is 7.57. The number of aliphatic hydroxyl groups excluding tert-OH is 1. The van der Waals surface area contributed by atoms with E-state index < -0.39 is 6.10 Å². The number of aliphatic hydroxyl groups is 1. The summed E-state index contributed by atoms with van der Waals surface area (Å²) in [7, 11) is 1.60. The predicted molar refractivity (Wildman–Crippen MR) is 87.0 cm³/mol. The molecule has 5 nitrogen and oxygen atoms in total. The third kappa shape index (κ3) is 3.37. The minimum absolute atomic E-state index is 0. The van der Waals surface area contributed by atoms with Gasteiger partial charge in [-0.25, -0.2) is 0 Å². The summed E-state index contributed by atoms with van der Waals surface area (Å²) in [6.45, 7) is 2.21. The van der Waals surface area contributed by atoms with Crippen molar-refractivity contribution in [1.29, 1.82) is 0 Å². The molecule has 1 amide bonds. The number of amides is 1. The van der Waals surface area contributed by atoms with Gasteiger partial charge >= 0.3 is 0 Å². The number of halogens is 1. The highest BCUT2D eigenvalue weighted by Crippen LogP contribution is 2.30. The first-order valence-electron chi connectivity index (χ1n) is 7.57. The molecule has 0 bridgehead atoms. The number of carbonyl (C=O) groups is 1. The molecule has 0 spiro atoms. The highest BCUT2D eigenvalue weighted by Gasteiger charge is 2.25. The lowest BCUT2D eigenvalue weighted by Gasteiger charge is -2.23. The largest absolute Gasteiger partial charge is 0.496 e. The van der Waals surface area contributed by atoms with Crippen LogP contribution in [-0.4, -0.2) is 55.3 Å². The van der Waals surface area contributed by atoms with Crippen LogP contribution in [0.5, 0.6) is 5.75 Å². The summed E-state index contributed by atoms with van der Waals surface area (Å²) in [5, 5.41) is 13.0. The van der Waals surface area contributed by atoms with E-state index in [2.05, 4.69) is 5.32 Å². The van der Waals surface area contributed by atoms with Crippen LogP contribution in [0.2, 0.25) is 0 Å². The van der Waals surface area contributed by atoms with E-state index in [4.69, 9.17) is 4.74 Å². The lowest BCUT2D eigenvalue weighted by atomic mass is 10.0. The van der Waals surface area contributed by atoms with Gasteiger partial charge in [-0.15, -0.1) is 12.4 Å². The minimum Gasteiger partial charge on any atom is -0.496 e. The van der Waals surface area contributed by atoms with Crippen molar-refractivity contribution in [2.24, 2.45) is 0 Å². The number of ether oxygens (including phenoxy) is 1. The molecule has 1 aliphatic heterocycles. The summed E-state index contributed by atoms with van der Waals surface area (Å²) in [6.07, 6.45) is 2.72. The van der Waals surface area contributed by atoms with E-state index in [0.717, 1.165) is 19.3 Å². The van der Waals surface area contributed by atoms with E-state index in [0.29, 0.717) is 37.5 Å². The van der Waals surface area contributed by atoms with Crippen LogP contribution in [-0.2, 0) is 12.8 Å². The third-order valence-corrected chi connectivity index (χ3v) is 4.30. The number of aryl methyl sites for hydroxylation is 2. The second-order valence-electron chi connectivity index (χ2n) is 5.78. The number of benzene rings is 1. The lowest BCUT2D eigenvalue weighted by molar-refractivity contribution is 0.0669. The lowest BCUT2D eigenvalue weighted by Crippen LogP contribution is -2.38. The van der Waals surface area contributed by atoms with Crippen molar-refractivity contribution in [2.75, 3.05) is 33.3 Å². The molecule has 1 saturated heterocycles. The van der Waals surface area contributed by atoms with E-state index in [-0.39, 0.29) is 18.3 Å². The Balaban J connectivity index is 0.00000176. The summed E-state index contributed by atoms with van der Waals surface area (Å²) >= 11 is 0. The Hall–Kier alpha value is -1.30.